The molecular formula is C25H33N3O5. The van der Waals surface area contributed by atoms with E-state index in [9.17, 15) is 9.59 Å². The van der Waals surface area contributed by atoms with Crippen molar-refractivity contribution in [1.29, 1.82) is 0 Å². The topological polar surface area (TPSA) is 90.0 Å². The number of hydrogen-bond acceptors (Lipinski definition) is 6. The molecule has 1 saturated heterocycles. The number of fused-ring (bicyclic) bond motifs is 1. The van der Waals surface area contributed by atoms with E-state index in [-0.39, 0.29) is 23.8 Å². The van der Waals surface area contributed by atoms with Gasteiger partial charge in [-0.25, -0.2) is 4.98 Å². The minimum Gasteiger partial charge on any atom is -0.493 e. The number of benzene rings is 1. The molecule has 3 rings (SSSR count). The standard InChI is InChI=1S/C25H33N3O5/c1-6-7-9-26-24(30)20-13-18(15-28(20)23(29)11-16(2)3)33-25-19-14-22(32-5)21(31-4)12-17(19)8-10-27-25/h6-8,10,12,14,16,18,20H,9,11,13,15H2,1-5H3,(H,26,30)/b7-6-/t18-,20+/m1/s1. The van der Waals surface area contributed by atoms with Crippen LogP contribution in [0.5, 0.6) is 17.4 Å². The van der Waals surface area contributed by atoms with Crippen LogP contribution in [0.4, 0.5) is 0 Å². The molecule has 8 nitrogen and oxygen atoms in total. The van der Waals surface area contributed by atoms with Gasteiger partial charge in [0.15, 0.2) is 11.5 Å². The zero-order valence-electron chi connectivity index (χ0n) is 20.0. The Kier molecular flexibility index (Phi) is 8.14. The van der Waals surface area contributed by atoms with Crippen LogP contribution >= 0.6 is 0 Å². The Balaban J connectivity index is 1.85. The van der Waals surface area contributed by atoms with Crippen molar-refractivity contribution >= 4 is 22.6 Å². The number of carbonyl (C=O) groups excluding carboxylic acids is 2. The molecule has 1 aliphatic heterocycles. The van der Waals surface area contributed by atoms with E-state index >= 15 is 0 Å². The lowest BCUT2D eigenvalue weighted by Crippen LogP contribution is -2.46. The number of rotatable bonds is 9. The van der Waals surface area contributed by atoms with Crippen molar-refractivity contribution in [3.05, 3.63) is 36.5 Å². The van der Waals surface area contributed by atoms with Crippen molar-refractivity contribution in [2.24, 2.45) is 5.92 Å². The lowest BCUT2D eigenvalue weighted by atomic mass is 10.1. The summed E-state index contributed by atoms with van der Waals surface area (Å²) in [5.74, 6) is 1.61. The molecule has 1 N–H and O–H groups in total. The van der Waals surface area contributed by atoms with Gasteiger partial charge in [0.1, 0.15) is 12.1 Å². The average Bonchev–Trinajstić information content (AvgIpc) is 3.22. The van der Waals surface area contributed by atoms with Crippen molar-refractivity contribution in [2.45, 2.75) is 45.8 Å². The first-order chi connectivity index (χ1) is 15.9. The van der Waals surface area contributed by atoms with Gasteiger partial charge in [0, 0.05) is 31.0 Å². The Morgan fingerprint density at radius 1 is 1.24 bits per heavy atom. The van der Waals surface area contributed by atoms with Crippen LogP contribution in [0.15, 0.2) is 36.5 Å². The van der Waals surface area contributed by atoms with Crippen molar-refractivity contribution in [1.82, 2.24) is 15.2 Å². The second-order valence-corrected chi connectivity index (χ2v) is 8.49. The molecule has 0 unspecified atom stereocenters. The van der Waals surface area contributed by atoms with E-state index < -0.39 is 6.04 Å². The van der Waals surface area contributed by atoms with Crippen LogP contribution in [-0.4, -0.2) is 61.2 Å². The second kappa shape index (κ2) is 11.0. The number of ether oxygens (including phenoxy) is 3. The molecule has 2 atom stereocenters. The molecule has 1 aromatic carbocycles. The van der Waals surface area contributed by atoms with Crippen LogP contribution in [0.25, 0.3) is 10.8 Å². The molecule has 2 heterocycles. The lowest BCUT2D eigenvalue weighted by molar-refractivity contribution is -0.139. The molecule has 178 valence electrons. The molecular weight excluding hydrogens is 422 g/mol. The number of carbonyl (C=O) groups is 2. The Labute approximate surface area is 194 Å². The van der Waals surface area contributed by atoms with Gasteiger partial charge in [0.2, 0.25) is 17.7 Å². The van der Waals surface area contributed by atoms with Gasteiger partial charge in [0.25, 0.3) is 0 Å². The number of likely N-dealkylation sites (tertiary alicyclic amines) is 1. The second-order valence-electron chi connectivity index (χ2n) is 8.49. The van der Waals surface area contributed by atoms with E-state index in [0.717, 1.165) is 10.8 Å². The van der Waals surface area contributed by atoms with Gasteiger partial charge in [-0.1, -0.05) is 26.0 Å². The summed E-state index contributed by atoms with van der Waals surface area (Å²) in [6.45, 7) is 6.63. The molecule has 33 heavy (non-hydrogen) atoms. The molecule has 1 aliphatic rings. The number of nitrogens with one attached hydrogen (secondary N) is 1. The number of amides is 2. The van der Waals surface area contributed by atoms with E-state index in [1.165, 1.54) is 0 Å². The van der Waals surface area contributed by atoms with Crippen LogP contribution < -0.4 is 19.5 Å². The van der Waals surface area contributed by atoms with Crippen LogP contribution in [0, 0.1) is 5.92 Å². The van der Waals surface area contributed by atoms with Crippen LogP contribution in [0.1, 0.15) is 33.6 Å². The summed E-state index contributed by atoms with van der Waals surface area (Å²) in [5, 5.41) is 4.55. The third kappa shape index (κ3) is 5.74. The first-order valence-electron chi connectivity index (χ1n) is 11.2. The summed E-state index contributed by atoms with van der Waals surface area (Å²) in [7, 11) is 3.16. The molecule has 8 heteroatoms. The molecule has 0 saturated carbocycles. The van der Waals surface area contributed by atoms with E-state index in [1.807, 2.05) is 51.1 Å². The third-order valence-electron chi connectivity index (χ3n) is 5.61. The van der Waals surface area contributed by atoms with Crippen LogP contribution in [0.2, 0.25) is 0 Å². The first-order valence-corrected chi connectivity index (χ1v) is 11.2. The summed E-state index contributed by atoms with van der Waals surface area (Å²) in [6.07, 6.45) is 5.83. The number of methoxy groups -OCH3 is 2. The molecule has 2 amide bonds. The van der Waals surface area contributed by atoms with Gasteiger partial charge in [-0.2, -0.15) is 0 Å². The normalized spacial score (nSPS) is 18.2. The lowest BCUT2D eigenvalue weighted by Gasteiger charge is -2.24. The Morgan fingerprint density at radius 3 is 2.64 bits per heavy atom. The number of hydrogen-bond donors (Lipinski definition) is 1. The van der Waals surface area contributed by atoms with Gasteiger partial charge in [-0.05, 0) is 36.4 Å². The smallest absolute Gasteiger partial charge is 0.243 e. The van der Waals surface area contributed by atoms with Crippen molar-refractivity contribution < 1.29 is 23.8 Å². The summed E-state index contributed by atoms with van der Waals surface area (Å²) in [5.41, 5.74) is 0. The summed E-state index contributed by atoms with van der Waals surface area (Å²) < 4.78 is 17.1. The third-order valence-corrected chi connectivity index (χ3v) is 5.61. The fraction of sp³-hybridized carbons (Fsp3) is 0.480. The summed E-state index contributed by atoms with van der Waals surface area (Å²) in [4.78, 5) is 31.8. The molecule has 1 aromatic heterocycles. The number of nitrogens with zero attached hydrogens (tertiary/aromatic N) is 2. The number of pyridine rings is 1. The van der Waals surface area contributed by atoms with Crippen LogP contribution in [-0.2, 0) is 9.59 Å². The van der Waals surface area contributed by atoms with E-state index in [4.69, 9.17) is 14.2 Å². The quantitative estimate of drug-likeness (QED) is 0.584. The highest BCUT2D eigenvalue weighted by atomic mass is 16.5. The van der Waals surface area contributed by atoms with Crippen molar-refractivity contribution in [3.8, 4) is 17.4 Å². The Hall–Kier alpha value is -3.29. The van der Waals surface area contributed by atoms with E-state index in [2.05, 4.69) is 10.3 Å². The fourth-order valence-electron chi connectivity index (χ4n) is 3.99. The molecule has 0 spiro atoms. The predicted octanol–water partition coefficient (Wildman–Crippen LogP) is 3.34. The molecule has 2 aromatic rings. The van der Waals surface area contributed by atoms with Gasteiger partial charge in [0.05, 0.1) is 20.8 Å². The van der Waals surface area contributed by atoms with Gasteiger partial charge in [-0.3, -0.25) is 9.59 Å². The predicted molar refractivity (Wildman–Crippen MR) is 127 cm³/mol. The molecule has 1 fully saturated rings. The van der Waals surface area contributed by atoms with E-state index in [0.29, 0.717) is 43.3 Å². The van der Waals surface area contributed by atoms with E-state index in [1.54, 1.807) is 25.3 Å². The number of aromatic nitrogens is 1. The van der Waals surface area contributed by atoms with Crippen molar-refractivity contribution in [3.63, 3.8) is 0 Å². The summed E-state index contributed by atoms with van der Waals surface area (Å²) in [6, 6.07) is 4.99. The Morgan fingerprint density at radius 2 is 1.97 bits per heavy atom. The largest absolute Gasteiger partial charge is 0.493 e. The molecule has 0 aliphatic carbocycles. The first kappa shape index (κ1) is 24.4. The SMILES string of the molecule is C/C=C\CNC(=O)[C@@H]1C[C@@H](Oc2nccc3cc(OC)c(OC)cc23)CN1C(=O)CC(C)C. The minimum atomic E-state index is -0.573. The Bertz CT molecular complexity index is 1020. The highest BCUT2D eigenvalue weighted by Gasteiger charge is 2.40. The van der Waals surface area contributed by atoms with Crippen molar-refractivity contribution in [2.75, 3.05) is 27.3 Å². The van der Waals surface area contributed by atoms with Gasteiger partial charge < -0.3 is 24.4 Å². The zero-order valence-corrected chi connectivity index (χ0v) is 20.0. The number of allylic oxidation sites excluding steroid dienone is 1. The highest BCUT2D eigenvalue weighted by molar-refractivity contribution is 5.90. The average molecular weight is 456 g/mol. The summed E-state index contributed by atoms with van der Waals surface area (Å²) >= 11 is 0. The van der Waals surface area contributed by atoms with Gasteiger partial charge in [-0.15, -0.1) is 0 Å². The van der Waals surface area contributed by atoms with Crippen LogP contribution in [0.3, 0.4) is 0 Å². The zero-order chi connectivity index (χ0) is 24.0. The minimum absolute atomic E-state index is 0.0421. The monoisotopic (exact) mass is 455 g/mol. The highest BCUT2D eigenvalue weighted by Crippen LogP contribution is 2.36. The fourth-order valence-corrected chi connectivity index (χ4v) is 3.99. The molecule has 0 radical (unpaired) electrons. The maximum absolute atomic E-state index is 12.9. The molecule has 0 bridgehead atoms. The van der Waals surface area contributed by atoms with Gasteiger partial charge >= 0.3 is 0 Å². The maximum Gasteiger partial charge on any atom is 0.243 e. The maximum atomic E-state index is 12.9.